The summed E-state index contributed by atoms with van der Waals surface area (Å²) in [6, 6.07) is 19.7. The van der Waals surface area contributed by atoms with Crippen molar-refractivity contribution < 1.29 is 9.47 Å². The van der Waals surface area contributed by atoms with Crippen LogP contribution in [0.15, 0.2) is 60.7 Å². The van der Waals surface area contributed by atoms with Gasteiger partial charge in [0, 0.05) is 0 Å². The molecular formula is C20H28O2. The van der Waals surface area contributed by atoms with Gasteiger partial charge in [0.25, 0.3) is 0 Å². The maximum Gasteiger partial charge on any atom is 0.119 e. The van der Waals surface area contributed by atoms with Crippen LogP contribution in [-0.4, -0.2) is 13.7 Å². The summed E-state index contributed by atoms with van der Waals surface area (Å²) in [6.45, 7) is 3.09. The highest BCUT2D eigenvalue weighted by molar-refractivity contribution is 5.21. The third-order valence-electron chi connectivity index (χ3n) is 3.24. The summed E-state index contributed by atoms with van der Waals surface area (Å²) in [4.78, 5) is 0. The van der Waals surface area contributed by atoms with Gasteiger partial charge < -0.3 is 9.47 Å². The summed E-state index contributed by atoms with van der Waals surface area (Å²) >= 11 is 0. The van der Waals surface area contributed by atoms with Gasteiger partial charge in [0.1, 0.15) is 11.5 Å². The standard InChI is InChI=1S/C13H20O.C7H8O/c1-2-3-4-5-9-12-14-13-10-7-6-8-11-13;1-8-7-5-3-2-4-6-7/h6-8,10-11H,2-5,9,12H2,1H3;2-6H,1H3. The fourth-order valence-electron chi connectivity index (χ4n) is 1.97. The minimum absolute atomic E-state index is 0.855. The molecule has 0 N–H and O–H groups in total. The molecule has 0 unspecified atom stereocenters. The van der Waals surface area contributed by atoms with Gasteiger partial charge in [-0.2, -0.15) is 0 Å². The number of ether oxygens (including phenoxy) is 2. The van der Waals surface area contributed by atoms with Crippen molar-refractivity contribution in [2.75, 3.05) is 13.7 Å². The zero-order chi connectivity index (χ0) is 15.9. The molecule has 0 aliphatic rings. The van der Waals surface area contributed by atoms with Gasteiger partial charge in [0.2, 0.25) is 0 Å². The Kier molecular flexibility index (Phi) is 10.5. The Morgan fingerprint density at radius 2 is 1.23 bits per heavy atom. The lowest BCUT2D eigenvalue weighted by molar-refractivity contribution is 0.304. The van der Waals surface area contributed by atoms with Crippen LogP contribution in [0.1, 0.15) is 39.0 Å². The summed E-state index contributed by atoms with van der Waals surface area (Å²) in [5, 5.41) is 0. The molecule has 2 aromatic carbocycles. The van der Waals surface area contributed by atoms with Crippen LogP contribution in [0.2, 0.25) is 0 Å². The highest BCUT2D eigenvalue weighted by Crippen LogP contribution is 2.10. The van der Waals surface area contributed by atoms with Crippen molar-refractivity contribution in [3.63, 3.8) is 0 Å². The molecule has 0 saturated heterocycles. The van der Waals surface area contributed by atoms with Gasteiger partial charge in [-0.25, -0.2) is 0 Å². The minimum atomic E-state index is 0.855. The van der Waals surface area contributed by atoms with Gasteiger partial charge in [0.05, 0.1) is 13.7 Å². The van der Waals surface area contributed by atoms with E-state index < -0.39 is 0 Å². The van der Waals surface area contributed by atoms with E-state index in [1.807, 2.05) is 60.7 Å². The maximum absolute atomic E-state index is 5.59. The minimum Gasteiger partial charge on any atom is -0.497 e. The van der Waals surface area contributed by atoms with Crippen molar-refractivity contribution in [1.82, 2.24) is 0 Å². The van der Waals surface area contributed by atoms with E-state index in [1.165, 1.54) is 32.1 Å². The molecule has 0 saturated carbocycles. The molecule has 2 aromatic rings. The number of para-hydroxylation sites is 2. The molecule has 0 bridgehead atoms. The van der Waals surface area contributed by atoms with Crippen molar-refractivity contribution in [2.45, 2.75) is 39.0 Å². The first kappa shape index (κ1) is 18.1. The summed E-state index contributed by atoms with van der Waals surface area (Å²) in [5.41, 5.74) is 0. The van der Waals surface area contributed by atoms with Crippen LogP contribution in [0.25, 0.3) is 0 Å². The van der Waals surface area contributed by atoms with Gasteiger partial charge >= 0.3 is 0 Å². The molecule has 22 heavy (non-hydrogen) atoms. The quantitative estimate of drug-likeness (QED) is 0.579. The maximum atomic E-state index is 5.59. The van der Waals surface area contributed by atoms with E-state index in [0.29, 0.717) is 0 Å². The first-order valence-electron chi connectivity index (χ1n) is 8.13. The second-order valence-electron chi connectivity index (χ2n) is 5.09. The Balaban J connectivity index is 0.000000255. The number of unbranched alkanes of at least 4 members (excludes halogenated alkanes) is 4. The van der Waals surface area contributed by atoms with Crippen LogP contribution in [0.5, 0.6) is 11.5 Å². The fourth-order valence-corrected chi connectivity index (χ4v) is 1.97. The molecule has 2 rings (SSSR count). The Morgan fingerprint density at radius 1 is 0.682 bits per heavy atom. The van der Waals surface area contributed by atoms with Gasteiger partial charge in [-0.3, -0.25) is 0 Å². The van der Waals surface area contributed by atoms with Crippen molar-refractivity contribution in [3.8, 4) is 11.5 Å². The number of methoxy groups -OCH3 is 1. The van der Waals surface area contributed by atoms with Crippen molar-refractivity contribution in [1.29, 1.82) is 0 Å². The number of hydrogen-bond donors (Lipinski definition) is 0. The van der Waals surface area contributed by atoms with Crippen LogP contribution in [0, 0.1) is 0 Å². The second-order valence-corrected chi connectivity index (χ2v) is 5.09. The zero-order valence-electron chi connectivity index (χ0n) is 13.8. The molecule has 0 aromatic heterocycles. The molecule has 0 fully saturated rings. The molecule has 0 amide bonds. The van der Waals surface area contributed by atoms with Crippen LogP contribution in [-0.2, 0) is 0 Å². The molecular weight excluding hydrogens is 272 g/mol. The van der Waals surface area contributed by atoms with Crippen molar-refractivity contribution >= 4 is 0 Å². The lowest BCUT2D eigenvalue weighted by Crippen LogP contribution is -1.96. The highest BCUT2D eigenvalue weighted by atomic mass is 16.5. The average molecular weight is 300 g/mol. The lowest BCUT2D eigenvalue weighted by atomic mass is 10.2. The van der Waals surface area contributed by atoms with Crippen LogP contribution >= 0.6 is 0 Å². The number of benzene rings is 2. The summed E-state index contributed by atoms with van der Waals surface area (Å²) in [5.74, 6) is 1.90. The predicted octanol–water partition coefficient (Wildman–Crippen LogP) is 5.73. The number of rotatable bonds is 8. The monoisotopic (exact) mass is 300 g/mol. The average Bonchev–Trinajstić information content (AvgIpc) is 2.60. The molecule has 2 nitrogen and oxygen atoms in total. The molecule has 0 heterocycles. The first-order valence-corrected chi connectivity index (χ1v) is 8.13. The van der Waals surface area contributed by atoms with Crippen LogP contribution in [0.4, 0.5) is 0 Å². The molecule has 0 atom stereocenters. The van der Waals surface area contributed by atoms with Gasteiger partial charge in [-0.15, -0.1) is 0 Å². The Bertz CT molecular complexity index is 454. The Labute approximate surface area is 135 Å². The molecule has 120 valence electrons. The molecule has 0 spiro atoms. The third kappa shape index (κ3) is 9.06. The van der Waals surface area contributed by atoms with Crippen molar-refractivity contribution in [2.24, 2.45) is 0 Å². The van der Waals surface area contributed by atoms with E-state index in [9.17, 15) is 0 Å². The molecule has 2 heteroatoms. The number of hydrogen-bond acceptors (Lipinski definition) is 2. The largest absolute Gasteiger partial charge is 0.497 e. The van der Waals surface area contributed by atoms with E-state index in [-0.39, 0.29) is 0 Å². The summed E-state index contributed by atoms with van der Waals surface area (Å²) in [7, 11) is 1.66. The van der Waals surface area contributed by atoms with E-state index in [1.54, 1.807) is 7.11 Å². The molecule has 0 aliphatic carbocycles. The van der Waals surface area contributed by atoms with E-state index in [2.05, 4.69) is 6.92 Å². The van der Waals surface area contributed by atoms with Crippen LogP contribution < -0.4 is 9.47 Å². The fraction of sp³-hybridized carbons (Fsp3) is 0.400. The van der Waals surface area contributed by atoms with E-state index >= 15 is 0 Å². The third-order valence-corrected chi connectivity index (χ3v) is 3.24. The Morgan fingerprint density at radius 3 is 1.73 bits per heavy atom. The predicted molar refractivity (Wildman–Crippen MR) is 93.7 cm³/mol. The first-order chi connectivity index (χ1) is 10.9. The van der Waals surface area contributed by atoms with E-state index in [0.717, 1.165) is 18.1 Å². The second kappa shape index (κ2) is 12.8. The summed E-state index contributed by atoms with van der Waals surface area (Å²) in [6.07, 6.45) is 6.47. The topological polar surface area (TPSA) is 18.5 Å². The van der Waals surface area contributed by atoms with Crippen molar-refractivity contribution in [3.05, 3.63) is 60.7 Å². The summed E-state index contributed by atoms with van der Waals surface area (Å²) < 4.78 is 10.5. The zero-order valence-corrected chi connectivity index (χ0v) is 13.8. The highest BCUT2D eigenvalue weighted by Gasteiger charge is 1.91. The molecule has 0 radical (unpaired) electrons. The lowest BCUT2D eigenvalue weighted by Gasteiger charge is -2.04. The van der Waals surface area contributed by atoms with Gasteiger partial charge in [0.15, 0.2) is 0 Å². The van der Waals surface area contributed by atoms with Crippen LogP contribution in [0.3, 0.4) is 0 Å². The van der Waals surface area contributed by atoms with Gasteiger partial charge in [-0.1, -0.05) is 69.0 Å². The molecule has 0 aliphatic heterocycles. The Hall–Kier alpha value is -1.96. The van der Waals surface area contributed by atoms with E-state index in [4.69, 9.17) is 9.47 Å². The smallest absolute Gasteiger partial charge is 0.119 e. The normalized spacial score (nSPS) is 9.55. The SMILES string of the molecule is CCCCCCCOc1ccccc1.COc1ccccc1. The van der Waals surface area contributed by atoms with Gasteiger partial charge in [-0.05, 0) is 30.7 Å².